The first-order valence-electron chi connectivity index (χ1n) is 6.68. The quantitative estimate of drug-likeness (QED) is 0.876. The summed E-state index contributed by atoms with van der Waals surface area (Å²) in [6, 6.07) is 10.1. The standard InChI is InChI=1S/C16H21NO3/c1-11(2)17-10-13-5-6-16(20-13)12-7-14(18-3)9-15(8-12)19-4/h5-9,11,17H,10H2,1-4H3. The molecule has 0 aliphatic heterocycles. The zero-order valence-corrected chi connectivity index (χ0v) is 12.4. The molecule has 0 spiro atoms. The minimum absolute atomic E-state index is 0.431. The van der Waals surface area contributed by atoms with E-state index >= 15 is 0 Å². The molecule has 1 heterocycles. The van der Waals surface area contributed by atoms with Crippen LogP contribution in [0, 0.1) is 0 Å². The number of methoxy groups -OCH3 is 2. The van der Waals surface area contributed by atoms with Gasteiger partial charge in [0.2, 0.25) is 0 Å². The maximum absolute atomic E-state index is 5.85. The molecule has 0 aliphatic rings. The molecular weight excluding hydrogens is 254 g/mol. The maximum Gasteiger partial charge on any atom is 0.134 e. The fourth-order valence-corrected chi connectivity index (χ4v) is 1.88. The lowest BCUT2D eigenvalue weighted by Gasteiger charge is -2.07. The number of hydrogen-bond acceptors (Lipinski definition) is 4. The summed E-state index contributed by atoms with van der Waals surface area (Å²) < 4.78 is 16.4. The summed E-state index contributed by atoms with van der Waals surface area (Å²) in [5.74, 6) is 3.22. The van der Waals surface area contributed by atoms with Crippen molar-refractivity contribution in [3.05, 3.63) is 36.1 Å². The number of nitrogens with one attached hydrogen (secondary N) is 1. The van der Waals surface area contributed by atoms with Gasteiger partial charge >= 0.3 is 0 Å². The number of benzene rings is 1. The third-order valence-corrected chi connectivity index (χ3v) is 2.98. The van der Waals surface area contributed by atoms with Crippen LogP contribution in [0.2, 0.25) is 0 Å². The summed E-state index contributed by atoms with van der Waals surface area (Å²) in [6.07, 6.45) is 0. The molecule has 2 aromatic rings. The van der Waals surface area contributed by atoms with Crippen molar-refractivity contribution in [1.82, 2.24) is 5.32 Å². The van der Waals surface area contributed by atoms with E-state index in [1.807, 2.05) is 30.3 Å². The molecule has 0 unspecified atom stereocenters. The minimum atomic E-state index is 0.431. The van der Waals surface area contributed by atoms with E-state index in [9.17, 15) is 0 Å². The second kappa shape index (κ2) is 6.48. The average Bonchev–Trinajstić information content (AvgIpc) is 2.93. The van der Waals surface area contributed by atoms with Gasteiger partial charge in [-0.15, -0.1) is 0 Å². The van der Waals surface area contributed by atoms with Crippen LogP contribution in [-0.2, 0) is 6.54 Å². The molecule has 0 aliphatic carbocycles. The first kappa shape index (κ1) is 14.5. The highest BCUT2D eigenvalue weighted by atomic mass is 16.5. The fourth-order valence-electron chi connectivity index (χ4n) is 1.88. The molecule has 0 radical (unpaired) electrons. The zero-order chi connectivity index (χ0) is 14.5. The summed E-state index contributed by atoms with van der Waals surface area (Å²) in [6.45, 7) is 4.94. The van der Waals surface area contributed by atoms with Crippen molar-refractivity contribution in [2.75, 3.05) is 14.2 Å². The normalized spacial score (nSPS) is 10.8. The topological polar surface area (TPSA) is 43.6 Å². The third kappa shape index (κ3) is 3.54. The van der Waals surface area contributed by atoms with Crippen molar-refractivity contribution in [1.29, 1.82) is 0 Å². The van der Waals surface area contributed by atoms with Gasteiger partial charge in [-0.3, -0.25) is 0 Å². The summed E-state index contributed by atoms with van der Waals surface area (Å²) >= 11 is 0. The molecule has 0 saturated carbocycles. The van der Waals surface area contributed by atoms with Crippen LogP contribution < -0.4 is 14.8 Å². The van der Waals surface area contributed by atoms with Gasteiger partial charge in [0.15, 0.2) is 0 Å². The number of furan rings is 1. The number of ether oxygens (including phenoxy) is 2. The molecule has 20 heavy (non-hydrogen) atoms. The number of rotatable bonds is 6. The molecule has 1 N–H and O–H groups in total. The average molecular weight is 275 g/mol. The van der Waals surface area contributed by atoms with Crippen molar-refractivity contribution in [3.8, 4) is 22.8 Å². The van der Waals surface area contributed by atoms with Gasteiger partial charge in [0.25, 0.3) is 0 Å². The van der Waals surface area contributed by atoms with Gasteiger partial charge in [0, 0.05) is 17.7 Å². The van der Waals surface area contributed by atoms with Crippen LogP contribution >= 0.6 is 0 Å². The van der Waals surface area contributed by atoms with E-state index in [0.29, 0.717) is 6.04 Å². The van der Waals surface area contributed by atoms with Gasteiger partial charge in [-0.05, 0) is 24.3 Å². The summed E-state index contributed by atoms with van der Waals surface area (Å²) in [5.41, 5.74) is 0.942. The SMILES string of the molecule is COc1cc(OC)cc(-c2ccc(CNC(C)C)o2)c1. The summed E-state index contributed by atoms with van der Waals surface area (Å²) in [4.78, 5) is 0. The second-order valence-corrected chi connectivity index (χ2v) is 4.90. The van der Waals surface area contributed by atoms with Crippen molar-refractivity contribution >= 4 is 0 Å². The molecule has 4 heteroatoms. The smallest absolute Gasteiger partial charge is 0.134 e. The van der Waals surface area contributed by atoms with Gasteiger partial charge in [-0.1, -0.05) is 13.8 Å². The lowest BCUT2D eigenvalue weighted by atomic mass is 10.1. The van der Waals surface area contributed by atoms with Crippen molar-refractivity contribution < 1.29 is 13.9 Å². The van der Waals surface area contributed by atoms with Crippen molar-refractivity contribution in [2.24, 2.45) is 0 Å². The van der Waals surface area contributed by atoms with Crippen LogP contribution in [0.5, 0.6) is 11.5 Å². The van der Waals surface area contributed by atoms with Gasteiger partial charge in [-0.2, -0.15) is 0 Å². The molecular formula is C16H21NO3. The molecule has 1 aromatic heterocycles. The van der Waals surface area contributed by atoms with Crippen LogP contribution in [0.4, 0.5) is 0 Å². The van der Waals surface area contributed by atoms with Crippen LogP contribution in [0.3, 0.4) is 0 Å². The first-order chi connectivity index (χ1) is 9.62. The van der Waals surface area contributed by atoms with Crippen molar-refractivity contribution in [3.63, 3.8) is 0 Å². The van der Waals surface area contributed by atoms with E-state index in [-0.39, 0.29) is 0 Å². The van der Waals surface area contributed by atoms with Crippen LogP contribution in [0.25, 0.3) is 11.3 Å². The largest absolute Gasteiger partial charge is 0.497 e. The first-order valence-corrected chi connectivity index (χ1v) is 6.68. The van der Waals surface area contributed by atoms with Gasteiger partial charge in [0.05, 0.1) is 20.8 Å². The van der Waals surface area contributed by atoms with E-state index in [1.165, 1.54) is 0 Å². The Bertz CT molecular complexity index is 538. The lowest BCUT2D eigenvalue weighted by molar-refractivity contribution is 0.394. The highest BCUT2D eigenvalue weighted by molar-refractivity contribution is 5.62. The van der Waals surface area contributed by atoms with E-state index in [1.54, 1.807) is 14.2 Å². The van der Waals surface area contributed by atoms with Gasteiger partial charge in [-0.25, -0.2) is 0 Å². The molecule has 1 aromatic carbocycles. The Morgan fingerprint density at radius 2 is 1.70 bits per heavy atom. The Balaban J connectivity index is 2.22. The van der Waals surface area contributed by atoms with Crippen LogP contribution in [0.1, 0.15) is 19.6 Å². The molecule has 108 valence electrons. The van der Waals surface area contributed by atoms with Gasteiger partial charge in [0.1, 0.15) is 23.0 Å². The van der Waals surface area contributed by atoms with E-state index < -0.39 is 0 Å². The Hall–Kier alpha value is -1.94. The van der Waals surface area contributed by atoms with E-state index in [0.717, 1.165) is 35.1 Å². The number of hydrogen-bond donors (Lipinski definition) is 1. The maximum atomic E-state index is 5.85. The molecule has 0 atom stereocenters. The summed E-state index contributed by atoms with van der Waals surface area (Å²) in [7, 11) is 3.28. The Morgan fingerprint density at radius 3 is 2.25 bits per heavy atom. The van der Waals surface area contributed by atoms with E-state index in [2.05, 4.69) is 19.2 Å². The Kier molecular flexibility index (Phi) is 4.69. The monoisotopic (exact) mass is 275 g/mol. The highest BCUT2D eigenvalue weighted by Crippen LogP contribution is 2.30. The van der Waals surface area contributed by atoms with Crippen LogP contribution in [-0.4, -0.2) is 20.3 Å². The minimum Gasteiger partial charge on any atom is -0.497 e. The van der Waals surface area contributed by atoms with E-state index in [4.69, 9.17) is 13.9 Å². The third-order valence-electron chi connectivity index (χ3n) is 2.98. The zero-order valence-electron chi connectivity index (χ0n) is 12.4. The van der Waals surface area contributed by atoms with Crippen LogP contribution in [0.15, 0.2) is 34.7 Å². The van der Waals surface area contributed by atoms with Crippen molar-refractivity contribution in [2.45, 2.75) is 26.4 Å². The fraction of sp³-hybridized carbons (Fsp3) is 0.375. The molecule has 0 saturated heterocycles. The lowest BCUT2D eigenvalue weighted by Crippen LogP contribution is -2.21. The second-order valence-electron chi connectivity index (χ2n) is 4.90. The molecule has 2 rings (SSSR count). The highest BCUT2D eigenvalue weighted by Gasteiger charge is 2.09. The Labute approximate surface area is 119 Å². The summed E-state index contributed by atoms with van der Waals surface area (Å²) in [5, 5.41) is 3.33. The molecule has 0 amide bonds. The molecule has 0 bridgehead atoms. The predicted octanol–water partition coefficient (Wildman–Crippen LogP) is 3.46. The predicted molar refractivity (Wildman–Crippen MR) is 79.2 cm³/mol. The molecule has 0 fully saturated rings. The Morgan fingerprint density at radius 1 is 1.05 bits per heavy atom. The van der Waals surface area contributed by atoms with Gasteiger partial charge < -0.3 is 19.2 Å². The molecule has 4 nitrogen and oxygen atoms in total.